The highest BCUT2D eigenvalue weighted by atomic mass is 16.5. The molecule has 0 atom stereocenters. The normalized spacial score (nSPS) is 10.5. The molecule has 20 heavy (non-hydrogen) atoms. The van der Waals surface area contributed by atoms with Gasteiger partial charge in [-0.3, -0.25) is 4.98 Å². The molecule has 0 radical (unpaired) electrons. The Labute approximate surface area is 121 Å². The Balaban J connectivity index is 2.02. The molecule has 1 aromatic carbocycles. The summed E-state index contributed by atoms with van der Waals surface area (Å²) in [4.78, 5) is 4.28. The quantitative estimate of drug-likeness (QED) is 0.782. The van der Waals surface area contributed by atoms with Crippen molar-refractivity contribution in [1.82, 2.24) is 10.3 Å². The SMILES string of the molecule is CCCNCc1cc(C)ccc1OCc1ccccn1. The molecule has 0 unspecified atom stereocenters. The van der Waals surface area contributed by atoms with E-state index in [2.05, 4.69) is 36.3 Å². The van der Waals surface area contributed by atoms with Crippen LogP contribution in [0.15, 0.2) is 42.6 Å². The Morgan fingerprint density at radius 2 is 2.10 bits per heavy atom. The van der Waals surface area contributed by atoms with Crippen molar-refractivity contribution in [2.45, 2.75) is 33.4 Å². The van der Waals surface area contributed by atoms with Gasteiger partial charge in [-0.05, 0) is 38.1 Å². The molecule has 0 fully saturated rings. The summed E-state index contributed by atoms with van der Waals surface area (Å²) >= 11 is 0. The van der Waals surface area contributed by atoms with E-state index in [0.29, 0.717) is 6.61 Å². The van der Waals surface area contributed by atoms with Crippen LogP contribution in [0.5, 0.6) is 5.75 Å². The van der Waals surface area contributed by atoms with Crippen LogP contribution in [0, 0.1) is 6.92 Å². The zero-order valence-electron chi connectivity index (χ0n) is 12.2. The zero-order chi connectivity index (χ0) is 14.2. The molecule has 0 aliphatic rings. The van der Waals surface area contributed by atoms with Gasteiger partial charge in [-0.1, -0.05) is 30.7 Å². The topological polar surface area (TPSA) is 34.1 Å². The lowest BCUT2D eigenvalue weighted by atomic mass is 10.1. The van der Waals surface area contributed by atoms with Gasteiger partial charge in [0.2, 0.25) is 0 Å². The van der Waals surface area contributed by atoms with Gasteiger partial charge in [0.05, 0.1) is 5.69 Å². The first kappa shape index (κ1) is 14.5. The van der Waals surface area contributed by atoms with Crippen molar-refractivity contribution in [3.63, 3.8) is 0 Å². The highest BCUT2D eigenvalue weighted by Gasteiger charge is 2.04. The average molecular weight is 270 g/mol. The molecule has 106 valence electrons. The number of nitrogens with one attached hydrogen (secondary N) is 1. The fourth-order valence-electron chi connectivity index (χ4n) is 2.02. The van der Waals surface area contributed by atoms with Crippen molar-refractivity contribution in [1.29, 1.82) is 0 Å². The molecule has 0 saturated carbocycles. The summed E-state index contributed by atoms with van der Waals surface area (Å²) in [7, 11) is 0. The van der Waals surface area contributed by atoms with E-state index in [4.69, 9.17) is 4.74 Å². The highest BCUT2D eigenvalue weighted by Crippen LogP contribution is 2.21. The van der Waals surface area contributed by atoms with Crippen molar-refractivity contribution in [3.8, 4) is 5.75 Å². The summed E-state index contributed by atoms with van der Waals surface area (Å²) in [6.07, 6.45) is 2.92. The van der Waals surface area contributed by atoms with Gasteiger partial charge in [-0.15, -0.1) is 0 Å². The smallest absolute Gasteiger partial charge is 0.130 e. The van der Waals surface area contributed by atoms with Crippen LogP contribution in [0.3, 0.4) is 0 Å². The number of hydrogen-bond donors (Lipinski definition) is 1. The minimum absolute atomic E-state index is 0.505. The number of nitrogens with zero attached hydrogens (tertiary/aromatic N) is 1. The summed E-state index contributed by atoms with van der Waals surface area (Å²) in [5, 5.41) is 3.42. The van der Waals surface area contributed by atoms with Crippen molar-refractivity contribution >= 4 is 0 Å². The maximum absolute atomic E-state index is 5.91. The second-order valence-electron chi connectivity index (χ2n) is 4.90. The van der Waals surface area contributed by atoms with Crippen LogP contribution in [0.1, 0.15) is 30.2 Å². The first-order chi connectivity index (χ1) is 9.79. The predicted molar refractivity (Wildman–Crippen MR) is 81.7 cm³/mol. The Morgan fingerprint density at radius 1 is 1.20 bits per heavy atom. The van der Waals surface area contributed by atoms with Crippen molar-refractivity contribution in [3.05, 3.63) is 59.4 Å². The third-order valence-corrected chi connectivity index (χ3v) is 3.06. The summed E-state index contributed by atoms with van der Waals surface area (Å²) in [5.41, 5.74) is 3.40. The van der Waals surface area contributed by atoms with E-state index in [1.165, 1.54) is 11.1 Å². The molecule has 0 aliphatic heterocycles. The van der Waals surface area contributed by atoms with E-state index in [1.54, 1.807) is 6.20 Å². The van der Waals surface area contributed by atoms with Crippen LogP contribution in [-0.2, 0) is 13.2 Å². The summed E-state index contributed by atoms with van der Waals surface area (Å²) in [6.45, 7) is 6.64. The molecule has 1 N–H and O–H groups in total. The van der Waals surface area contributed by atoms with Crippen molar-refractivity contribution < 1.29 is 4.74 Å². The molecule has 0 saturated heterocycles. The molecule has 0 aliphatic carbocycles. The van der Waals surface area contributed by atoms with Crippen LogP contribution in [0.4, 0.5) is 0 Å². The lowest BCUT2D eigenvalue weighted by Gasteiger charge is -2.13. The van der Waals surface area contributed by atoms with E-state index in [0.717, 1.165) is 31.0 Å². The van der Waals surface area contributed by atoms with Crippen molar-refractivity contribution in [2.75, 3.05) is 6.54 Å². The molecule has 0 spiro atoms. The largest absolute Gasteiger partial charge is 0.487 e. The van der Waals surface area contributed by atoms with Crippen LogP contribution in [-0.4, -0.2) is 11.5 Å². The number of pyridine rings is 1. The van der Waals surface area contributed by atoms with Gasteiger partial charge in [0, 0.05) is 18.3 Å². The average Bonchev–Trinajstić information content (AvgIpc) is 2.48. The second-order valence-corrected chi connectivity index (χ2v) is 4.90. The third-order valence-electron chi connectivity index (χ3n) is 3.06. The molecule has 1 aromatic heterocycles. The van der Waals surface area contributed by atoms with Gasteiger partial charge in [0.1, 0.15) is 12.4 Å². The van der Waals surface area contributed by atoms with Gasteiger partial charge in [-0.25, -0.2) is 0 Å². The van der Waals surface area contributed by atoms with E-state index in [1.807, 2.05) is 24.3 Å². The number of hydrogen-bond acceptors (Lipinski definition) is 3. The maximum Gasteiger partial charge on any atom is 0.130 e. The van der Waals surface area contributed by atoms with E-state index < -0.39 is 0 Å². The monoisotopic (exact) mass is 270 g/mol. The first-order valence-corrected chi connectivity index (χ1v) is 7.12. The molecule has 3 heteroatoms. The van der Waals surface area contributed by atoms with E-state index in [9.17, 15) is 0 Å². The molecule has 0 amide bonds. The molecule has 2 rings (SSSR count). The first-order valence-electron chi connectivity index (χ1n) is 7.12. The Morgan fingerprint density at radius 3 is 2.85 bits per heavy atom. The Hall–Kier alpha value is -1.87. The maximum atomic E-state index is 5.91. The summed E-state index contributed by atoms with van der Waals surface area (Å²) in [5.74, 6) is 0.935. The molecule has 1 heterocycles. The molecule has 3 nitrogen and oxygen atoms in total. The van der Waals surface area contributed by atoms with Crippen LogP contribution >= 0.6 is 0 Å². The standard InChI is InChI=1S/C17H22N2O/c1-3-9-18-12-15-11-14(2)7-8-17(15)20-13-16-6-4-5-10-19-16/h4-8,10-11,18H,3,9,12-13H2,1-2H3. The number of ether oxygens (including phenoxy) is 1. The molecular formula is C17H22N2O. The Bertz CT molecular complexity index is 526. The Kier molecular flexibility index (Phi) is 5.56. The number of aryl methyl sites for hydroxylation is 1. The third kappa shape index (κ3) is 4.35. The number of aromatic nitrogens is 1. The lowest BCUT2D eigenvalue weighted by molar-refractivity contribution is 0.297. The number of rotatable bonds is 7. The minimum Gasteiger partial charge on any atom is -0.487 e. The molecular weight excluding hydrogens is 248 g/mol. The van der Waals surface area contributed by atoms with E-state index in [-0.39, 0.29) is 0 Å². The minimum atomic E-state index is 0.505. The van der Waals surface area contributed by atoms with Gasteiger partial charge in [0.25, 0.3) is 0 Å². The van der Waals surface area contributed by atoms with Crippen molar-refractivity contribution in [2.24, 2.45) is 0 Å². The van der Waals surface area contributed by atoms with Gasteiger partial charge in [-0.2, -0.15) is 0 Å². The van der Waals surface area contributed by atoms with Gasteiger partial charge >= 0.3 is 0 Å². The molecule has 0 bridgehead atoms. The molecule has 2 aromatic rings. The highest BCUT2D eigenvalue weighted by molar-refractivity contribution is 5.37. The zero-order valence-corrected chi connectivity index (χ0v) is 12.2. The fourth-order valence-corrected chi connectivity index (χ4v) is 2.02. The number of benzene rings is 1. The summed E-state index contributed by atoms with van der Waals surface area (Å²) in [6, 6.07) is 12.2. The predicted octanol–water partition coefficient (Wildman–Crippen LogP) is 3.47. The van der Waals surface area contributed by atoms with Gasteiger partial charge in [0.15, 0.2) is 0 Å². The lowest BCUT2D eigenvalue weighted by Crippen LogP contribution is -2.15. The summed E-state index contributed by atoms with van der Waals surface area (Å²) < 4.78 is 5.91. The van der Waals surface area contributed by atoms with E-state index >= 15 is 0 Å². The van der Waals surface area contributed by atoms with Crippen LogP contribution in [0.25, 0.3) is 0 Å². The second kappa shape index (κ2) is 7.65. The van der Waals surface area contributed by atoms with Crippen LogP contribution < -0.4 is 10.1 Å². The van der Waals surface area contributed by atoms with Crippen LogP contribution in [0.2, 0.25) is 0 Å². The fraction of sp³-hybridized carbons (Fsp3) is 0.353. The van der Waals surface area contributed by atoms with Gasteiger partial charge < -0.3 is 10.1 Å².